The molecule has 2 unspecified atom stereocenters. The highest BCUT2D eigenvalue weighted by Crippen LogP contribution is 2.55. The van der Waals surface area contributed by atoms with Crippen molar-refractivity contribution in [2.45, 2.75) is 50.5 Å². The van der Waals surface area contributed by atoms with Crippen molar-refractivity contribution in [1.82, 2.24) is 0 Å². The fourth-order valence-corrected chi connectivity index (χ4v) is 4.82. The van der Waals surface area contributed by atoms with Gasteiger partial charge in [-0.05, 0) is 43.3 Å². The molecule has 3 aliphatic rings. The molecule has 3 fully saturated rings. The maximum atomic E-state index is 12.3. The number of aliphatic hydroxyl groups is 3. The lowest BCUT2D eigenvalue weighted by molar-refractivity contribution is -0.889. The van der Waals surface area contributed by atoms with Crippen LogP contribution in [-0.2, 0) is 4.79 Å². The lowest BCUT2D eigenvalue weighted by Crippen LogP contribution is -3.11. The molecule has 25 heavy (non-hydrogen) atoms. The molecule has 0 bridgehead atoms. The first-order chi connectivity index (χ1) is 11.8. The zero-order valence-electron chi connectivity index (χ0n) is 15.1. The molecule has 5 heteroatoms. The number of quaternary nitrogens is 1. The molecular formula is C20H30NO4+. The van der Waals surface area contributed by atoms with Crippen LogP contribution in [0.4, 0.5) is 0 Å². The topological polar surface area (TPSA) is 82.2 Å². The molecule has 3 aliphatic carbocycles. The van der Waals surface area contributed by atoms with Crippen LogP contribution >= 0.6 is 0 Å². The third-order valence-electron chi connectivity index (χ3n) is 6.35. The first kappa shape index (κ1) is 18.2. The number of allylic oxidation sites excluding steroid dienone is 3. The Morgan fingerprint density at radius 2 is 2.00 bits per heavy atom. The average Bonchev–Trinajstić information content (AvgIpc) is 3.33. The van der Waals surface area contributed by atoms with Gasteiger partial charge in [-0.25, -0.2) is 0 Å². The molecule has 4 N–H and O–H groups in total. The van der Waals surface area contributed by atoms with Crippen molar-refractivity contribution in [2.75, 3.05) is 20.1 Å². The van der Waals surface area contributed by atoms with E-state index in [1.807, 2.05) is 0 Å². The maximum absolute atomic E-state index is 12.3. The zero-order valence-corrected chi connectivity index (χ0v) is 15.1. The van der Waals surface area contributed by atoms with E-state index in [9.17, 15) is 9.90 Å². The van der Waals surface area contributed by atoms with E-state index in [-0.39, 0.29) is 5.78 Å². The second-order valence-electron chi connectivity index (χ2n) is 8.31. The molecule has 0 radical (unpaired) electrons. The quantitative estimate of drug-likeness (QED) is 0.569. The highest BCUT2D eigenvalue weighted by molar-refractivity contribution is 5.81. The van der Waals surface area contributed by atoms with Crippen LogP contribution in [0.5, 0.6) is 0 Å². The number of fused-ring (bicyclic) bond motifs is 1. The fourth-order valence-electron chi connectivity index (χ4n) is 4.82. The van der Waals surface area contributed by atoms with Crippen molar-refractivity contribution in [3.8, 4) is 0 Å². The first-order valence-electron chi connectivity index (χ1n) is 9.30. The lowest BCUT2D eigenvalue weighted by Gasteiger charge is -2.54. The second kappa shape index (κ2) is 6.61. The average molecular weight is 348 g/mol. The van der Waals surface area contributed by atoms with Crippen LogP contribution in [0.1, 0.15) is 44.9 Å². The lowest BCUT2D eigenvalue weighted by atomic mass is 9.53. The summed E-state index contributed by atoms with van der Waals surface area (Å²) < 4.78 is 0. The Bertz CT molecular complexity index is 630. The first-order valence-corrected chi connectivity index (χ1v) is 9.30. The number of carbonyl (C=O) groups excluding carboxylic acids is 1. The minimum absolute atomic E-state index is 0.187. The SMILES string of the molecule is C=C1/C(=C\C=C(O)O)CCC2(O)CCC(=O)C[C@]12C[NH+](C)CC1CC1. The molecule has 3 rings (SSSR count). The van der Waals surface area contributed by atoms with Gasteiger partial charge in [0.2, 0.25) is 0 Å². The van der Waals surface area contributed by atoms with Crippen LogP contribution in [0.15, 0.2) is 35.8 Å². The van der Waals surface area contributed by atoms with Crippen LogP contribution in [0.25, 0.3) is 0 Å². The summed E-state index contributed by atoms with van der Waals surface area (Å²) in [4.78, 5) is 13.7. The second-order valence-corrected chi connectivity index (χ2v) is 8.31. The molecule has 0 heterocycles. The Kier molecular flexibility index (Phi) is 4.82. The van der Waals surface area contributed by atoms with Gasteiger partial charge in [0.05, 0.1) is 31.2 Å². The molecule has 0 aromatic rings. The van der Waals surface area contributed by atoms with E-state index >= 15 is 0 Å². The molecule has 3 atom stereocenters. The number of rotatable bonds is 5. The standard InChI is InChI=1S/C20H29NO4/c1-14-16(5-6-18(23)24)7-9-20(25)10-8-17(22)11-19(14,20)13-21(2)12-15-3-4-15/h5-6,15,23-25H,1,3-4,7-13H2,2H3/p+1/b16-5-/t19-,20?/m0/s1. The van der Waals surface area contributed by atoms with E-state index in [4.69, 9.17) is 10.2 Å². The number of hydrogen-bond donors (Lipinski definition) is 4. The normalized spacial score (nSPS) is 35.4. The molecule has 0 aromatic heterocycles. The summed E-state index contributed by atoms with van der Waals surface area (Å²) in [5.41, 5.74) is 0.149. The van der Waals surface area contributed by atoms with Crippen LogP contribution in [0, 0.1) is 11.3 Å². The summed E-state index contributed by atoms with van der Waals surface area (Å²) in [5, 5.41) is 29.5. The highest BCUT2D eigenvalue weighted by Gasteiger charge is 2.59. The molecule has 0 aromatic carbocycles. The molecule has 0 amide bonds. The number of hydrogen-bond acceptors (Lipinski definition) is 4. The van der Waals surface area contributed by atoms with Crippen LogP contribution in [0.3, 0.4) is 0 Å². The molecule has 0 saturated heterocycles. The van der Waals surface area contributed by atoms with Gasteiger partial charge in [0.25, 0.3) is 5.95 Å². The van der Waals surface area contributed by atoms with E-state index in [2.05, 4.69) is 13.6 Å². The molecule has 0 spiro atoms. The Morgan fingerprint density at radius 1 is 1.32 bits per heavy atom. The Morgan fingerprint density at radius 3 is 2.64 bits per heavy atom. The summed E-state index contributed by atoms with van der Waals surface area (Å²) in [6, 6.07) is 0. The molecular weight excluding hydrogens is 318 g/mol. The number of ketones is 1. The molecule has 0 aliphatic heterocycles. The number of nitrogens with one attached hydrogen (secondary N) is 1. The Labute approximate surface area is 149 Å². The van der Waals surface area contributed by atoms with Gasteiger partial charge in [-0.15, -0.1) is 0 Å². The van der Waals surface area contributed by atoms with Crippen LogP contribution in [0.2, 0.25) is 0 Å². The maximum Gasteiger partial charge on any atom is 0.274 e. The van der Waals surface area contributed by atoms with Gasteiger partial charge in [0, 0.05) is 24.8 Å². The third kappa shape index (κ3) is 3.53. The molecule has 3 saturated carbocycles. The van der Waals surface area contributed by atoms with E-state index in [0.29, 0.717) is 38.6 Å². The van der Waals surface area contributed by atoms with Gasteiger partial charge in [0.1, 0.15) is 5.78 Å². The van der Waals surface area contributed by atoms with E-state index in [1.54, 1.807) is 6.08 Å². The van der Waals surface area contributed by atoms with Crippen molar-refractivity contribution >= 4 is 5.78 Å². The Balaban J connectivity index is 1.93. The fraction of sp³-hybridized carbons (Fsp3) is 0.650. The van der Waals surface area contributed by atoms with E-state index in [1.165, 1.54) is 23.8 Å². The van der Waals surface area contributed by atoms with E-state index < -0.39 is 17.0 Å². The summed E-state index contributed by atoms with van der Waals surface area (Å²) >= 11 is 0. The van der Waals surface area contributed by atoms with E-state index in [0.717, 1.165) is 23.6 Å². The van der Waals surface area contributed by atoms with Gasteiger partial charge in [-0.2, -0.15) is 0 Å². The van der Waals surface area contributed by atoms with Gasteiger partial charge in [0.15, 0.2) is 0 Å². The largest absolute Gasteiger partial charge is 0.481 e. The predicted octanol–water partition coefficient (Wildman–Crippen LogP) is 1.62. The van der Waals surface area contributed by atoms with Crippen molar-refractivity contribution in [1.29, 1.82) is 0 Å². The highest BCUT2D eigenvalue weighted by atomic mass is 16.5. The predicted molar refractivity (Wildman–Crippen MR) is 95.4 cm³/mol. The zero-order chi connectivity index (χ0) is 18.2. The molecule has 5 nitrogen and oxygen atoms in total. The minimum atomic E-state index is -0.898. The minimum Gasteiger partial charge on any atom is -0.481 e. The molecule has 138 valence electrons. The van der Waals surface area contributed by atoms with Gasteiger partial charge in [-0.3, -0.25) is 4.79 Å². The van der Waals surface area contributed by atoms with Crippen LogP contribution in [-0.4, -0.2) is 46.8 Å². The Hall–Kier alpha value is -1.59. The van der Waals surface area contributed by atoms with Gasteiger partial charge >= 0.3 is 0 Å². The van der Waals surface area contributed by atoms with Crippen molar-refractivity contribution in [3.63, 3.8) is 0 Å². The monoisotopic (exact) mass is 348 g/mol. The number of aliphatic hydroxyl groups excluding tert-OH is 1. The van der Waals surface area contributed by atoms with Gasteiger partial charge < -0.3 is 20.2 Å². The summed E-state index contributed by atoms with van der Waals surface area (Å²) in [5.74, 6) is 0.211. The smallest absolute Gasteiger partial charge is 0.274 e. The van der Waals surface area contributed by atoms with Crippen molar-refractivity contribution < 1.29 is 25.0 Å². The van der Waals surface area contributed by atoms with Crippen LogP contribution < -0.4 is 4.90 Å². The van der Waals surface area contributed by atoms with Crippen molar-refractivity contribution in [2.24, 2.45) is 11.3 Å². The third-order valence-corrected chi connectivity index (χ3v) is 6.35. The van der Waals surface area contributed by atoms with Gasteiger partial charge in [-0.1, -0.05) is 12.7 Å². The summed E-state index contributed by atoms with van der Waals surface area (Å²) in [6.45, 7) is 6.03. The number of Topliss-reactive ketones (excluding diaryl/α,β-unsaturated/α-hetero) is 1. The number of carbonyl (C=O) groups is 1. The summed E-state index contributed by atoms with van der Waals surface area (Å²) in [7, 11) is 2.14. The summed E-state index contributed by atoms with van der Waals surface area (Å²) in [6.07, 6.45) is 7.94. The van der Waals surface area contributed by atoms with Crippen molar-refractivity contribution in [3.05, 3.63) is 35.8 Å².